The Labute approximate surface area is 65.9 Å². The van der Waals surface area contributed by atoms with Crippen molar-refractivity contribution >= 4 is 15.7 Å². The third kappa shape index (κ3) is 2.49. The molecular weight excluding hydrogens is 166 g/mol. The van der Waals surface area contributed by atoms with Crippen LogP contribution in [0, 0.1) is 0 Å². The predicted octanol–water partition coefficient (Wildman–Crippen LogP) is -0.690. The van der Waals surface area contributed by atoms with Crippen LogP contribution in [-0.4, -0.2) is 31.9 Å². The summed E-state index contributed by atoms with van der Waals surface area (Å²) in [4.78, 5) is 10.8. The molecule has 0 radical (unpaired) electrons. The standard InChI is InChI=1S/C6H11NO3S/c1-5-4-11(9,10)3-2-6(8)7-5/h5H,2-4H2,1H3,(H,7,8). The highest BCUT2D eigenvalue weighted by atomic mass is 32.2. The Morgan fingerprint density at radius 3 is 2.82 bits per heavy atom. The second-order valence-corrected chi connectivity index (χ2v) is 5.06. The molecule has 0 bridgehead atoms. The highest BCUT2D eigenvalue weighted by molar-refractivity contribution is 7.91. The zero-order valence-electron chi connectivity index (χ0n) is 6.33. The normalized spacial score (nSPS) is 30.6. The Kier molecular flexibility index (Phi) is 2.17. The van der Waals surface area contributed by atoms with Crippen LogP contribution in [0.4, 0.5) is 0 Å². The molecule has 1 saturated heterocycles. The minimum absolute atomic E-state index is 0.0107. The van der Waals surface area contributed by atoms with Gasteiger partial charge in [-0.3, -0.25) is 4.79 Å². The molecule has 4 nitrogen and oxygen atoms in total. The number of carbonyl (C=O) groups is 1. The summed E-state index contributed by atoms with van der Waals surface area (Å²) in [5.41, 5.74) is 0. The van der Waals surface area contributed by atoms with Gasteiger partial charge in [-0.25, -0.2) is 8.42 Å². The van der Waals surface area contributed by atoms with Crippen LogP contribution >= 0.6 is 0 Å². The summed E-state index contributed by atoms with van der Waals surface area (Å²) in [6, 6.07) is -0.241. The Morgan fingerprint density at radius 1 is 1.55 bits per heavy atom. The Balaban J connectivity index is 2.76. The van der Waals surface area contributed by atoms with Crippen molar-refractivity contribution in [1.29, 1.82) is 0 Å². The van der Waals surface area contributed by atoms with Crippen molar-refractivity contribution in [2.75, 3.05) is 11.5 Å². The number of hydrogen-bond donors (Lipinski definition) is 1. The zero-order chi connectivity index (χ0) is 8.48. The first-order valence-electron chi connectivity index (χ1n) is 3.49. The minimum Gasteiger partial charge on any atom is -0.353 e. The van der Waals surface area contributed by atoms with Gasteiger partial charge in [0, 0.05) is 12.5 Å². The summed E-state index contributed by atoms with van der Waals surface area (Å²) in [7, 11) is -2.98. The number of carbonyl (C=O) groups excluding carboxylic acids is 1. The van der Waals surface area contributed by atoms with Crippen LogP contribution in [0.5, 0.6) is 0 Å². The zero-order valence-corrected chi connectivity index (χ0v) is 7.15. The third-order valence-electron chi connectivity index (χ3n) is 1.55. The van der Waals surface area contributed by atoms with Crippen LogP contribution < -0.4 is 5.32 Å². The van der Waals surface area contributed by atoms with Gasteiger partial charge in [-0.1, -0.05) is 0 Å². The fraction of sp³-hybridized carbons (Fsp3) is 0.833. The number of hydrogen-bond acceptors (Lipinski definition) is 3. The number of nitrogens with one attached hydrogen (secondary N) is 1. The first kappa shape index (κ1) is 8.52. The molecule has 0 aromatic rings. The average molecular weight is 177 g/mol. The van der Waals surface area contributed by atoms with Crippen molar-refractivity contribution in [3.63, 3.8) is 0 Å². The maximum Gasteiger partial charge on any atom is 0.221 e. The summed E-state index contributed by atoms with van der Waals surface area (Å²) in [6.07, 6.45) is 0.104. The van der Waals surface area contributed by atoms with Crippen LogP contribution in [0.2, 0.25) is 0 Å². The fourth-order valence-corrected chi connectivity index (χ4v) is 2.61. The summed E-state index contributed by atoms with van der Waals surface area (Å²) in [5.74, 6) is -0.111. The fourth-order valence-electron chi connectivity index (χ4n) is 1.10. The Bertz CT molecular complexity index is 257. The molecule has 64 valence electrons. The second-order valence-electron chi connectivity index (χ2n) is 2.83. The maximum atomic E-state index is 11.0. The first-order valence-corrected chi connectivity index (χ1v) is 5.31. The van der Waals surface area contributed by atoms with E-state index >= 15 is 0 Å². The molecule has 0 saturated carbocycles. The molecule has 1 amide bonds. The predicted molar refractivity (Wildman–Crippen MR) is 40.9 cm³/mol. The van der Waals surface area contributed by atoms with Crippen molar-refractivity contribution in [1.82, 2.24) is 5.32 Å². The van der Waals surface area contributed by atoms with E-state index in [2.05, 4.69) is 5.32 Å². The lowest BCUT2D eigenvalue weighted by Crippen LogP contribution is -2.33. The lowest BCUT2D eigenvalue weighted by Gasteiger charge is -2.06. The molecule has 1 rings (SSSR count). The molecule has 1 aliphatic heterocycles. The van der Waals surface area contributed by atoms with Crippen LogP contribution in [0.25, 0.3) is 0 Å². The lowest BCUT2D eigenvalue weighted by molar-refractivity contribution is -0.121. The number of sulfone groups is 1. The van der Waals surface area contributed by atoms with Gasteiger partial charge in [0.2, 0.25) is 5.91 Å². The van der Waals surface area contributed by atoms with E-state index < -0.39 is 9.84 Å². The molecule has 1 unspecified atom stereocenters. The molecule has 1 atom stereocenters. The molecule has 0 aromatic carbocycles. The minimum atomic E-state index is -2.98. The van der Waals surface area contributed by atoms with Crippen molar-refractivity contribution in [3.8, 4) is 0 Å². The van der Waals surface area contributed by atoms with Gasteiger partial charge in [0.25, 0.3) is 0 Å². The molecule has 5 heteroatoms. The monoisotopic (exact) mass is 177 g/mol. The maximum absolute atomic E-state index is 11.0. The van der Waals surface area contributed by atoms with Crippen molar-refractivity contribution in [2.45, 2.75) is 19.4 Å². The van der Waals surface area contributed by atoms with Gasteiger partial charge in [0.1, 0.15) is 0 Å². The highest BCUT2D eigenvalue weighted by Crippen LogP contribution is 2.02. The summed E-state index contributed by atoms with van der Waals surface area (Å²) in [5, 5.41) is 2.58. The van der Waals surface area contributed by atoms with E-state index in [0.29, 0.717) is 0 Å². The van der Waals surface area contributed by atoms with Gasteiger partial charge in [0.05, 0.1) is 11.5 Å². The van der Waals surface area contributed by atoms with Gasteiger partial charge < -0.3 is 5.32 Å². The van der Waals surface area contributed by atoms with Gasteiger partial charge in [-0.15, -0.1) is 0 Å². The van der Waals surface area contributed by atoms with E-state index in [0.717, 1.165) is 0 Å². The van der Waals surface area contributed by atoms with E-state index in [4.69, 9.17) is 0 Å². The van der Waals surface area contributed by atoms with E-state index in [-0.39, 0.29) is 29.9 Å². The lowest BCUT2D eigenvalue weighted by atomic mass is 10.3. The Hall–Kier alpha value is -0.580. The number of rotatable bonds is 0. The molecule has 1 heterocycles. The van der Waals surface area contributed by atoms with E-state index in [1.165, 1.54) is 0 Å². The van der Waals surface area contributed by atoms with Gasteiger partial charge >= 0.3 is 0 Å². The quantitative estimate of drug-likeness (QED) is 0.532. The Morgan fingerprint density at radius 2 is 2.18 bits per heavy atom. The molecule has 0 spiro atoms. The van der Waals surface area contributed by atoms with Crippen molar-refractivity contribution < 1.29 is 13.2 Å². The highest BCUT2D eigenvalue weighted by Gasteiger charge is 2.22. The average Bonchev–Trinajstić information content (AvgIpc) is 1.90. The first-order chi connectivity index (χ1) is 4.99. The van der Waals surface area contributed by atoms with Crippen molar-refractivity contribution in [2.24, 2.45) is 0 Å². The van der Waals surface area contributed by atoms with E-state index in [9.17, 15) is 13.2 Å². The molecular formula is C6H11NO3S. The molecule has 1 aliphatic rings. The summed E-state index contributed by atoms with van der Waals surface area (Å²) in [6.45, 7) is 1.70. The summed E-state index contributed by atoms with van der Waals surface area (Å²) < 4.78 is 22.1. The smallest absolute Gasteiger partial charge is 0.221 e. The second kappa shape index (κ2) is 2.81. The van der Waals surface area contributed by atoms with E-state index in [1.54, 1.807) is 6.92 Å². The molecule has 11 heavy (non-hydrogen) atoms. The third-order valence-corrected chi connectivity index (χ3v) is 3.39. The largest absolute Gasteiger partial charge is 0.353 e. The molecule has 1 fully saturated rings. The molecule has 0 aliphatic carbocycles. The topological polar surface area (TPSA) is 63.2 Å². The van der Waals surface area contributed by atoms with Gasteiger partial charge in [-0.05, 0) is 6.92 Å². The molecule has 0 aromatic heterocycles. The number of amides is 1. The molecule has 1 N–H and O–H groups in total. The van der Waals surface area contributed by atoms with Gasteiger partial charge in [0.15, 0.2) is 9.84 Å². The van der Waals surface area contributed by atoms with Crippen LogP contribution in [0.15, 0.2) is 0 Å². The SMILES string of the molecule is CC1CS(=O)(=O)CCC(=O)N1. The van der Waals surface area contributed by atoms with Crippen molar-refractivity contribution in [3.05, 3.63) is 0 Å². The summed E-state index contributed by atoms with van der Waals surface area (Å²) >= 11 is 0. The van der Waals surface area contributed by atoms with Crippen LogP contribution in [-0.2, 0) is 14.6 Å². The van der Waals surface area contributed by atoms with Crippen LogP contribution in [0.1, 0.15) is 13.3 Å². The van der Waals surface area contributed by atoms with Gasteiger partial charge in [-0.2, -0.15) is 0 Å². The van der Waals surface area contributed by atoms with Crippen LogP contribution in [0.3, 0.4) is 0 Å². The van der Waals surface area contributed by atoms with E-state index in [1.807, 2.05) is 0 Å².